The summed E-state index contributed by atoms with van der Waals surface area (Å²) in [6.45, 7) is 6.97. The highest BCUT2D eigenvalue weighted by atomic mass is 15.3. The van der Waals surface area contributed by atoms with Gasteiger partial charge >= 0.3 is 0 Å². The summed E-state index contributed by atoms with van der Waals surface area (Å²) in [6.07, 6.45) is 1.03. The second-order valence-electron chi connectivity index (χ2n) is 4.54. The summed E-state index contributed by atoms with van der Waals surface area (Å²) in [5.41, 5.74) is 3.84. The molecular formula is C14H20N4. The van der Waals surface area contributed by atoms with Gasteiger partial charge in [-0.05, 0) is 31.4 Å². The van der Waals surface area contributed by atoms with Crippen LogP contribution in [0.15, 0.2) is 18.2 Å². The maximum absolute atomic E-state index is 4.17. The van der Waals surface area contributed by atoms with Crippen LogP contribution in [0.4, 0.5) is 5.69 Å². The summed E-state index contributed by atoms with van der Waals surface area (Å²) < 4.78 is 2.01. The summed E-state index contributed by atoms with van der Waals surface area (Å²) in [5, 5.41) is 11.7. The van der Waals surface area contributed by atoms with Crippen LogP contribution in [-0.2, 0) is 20.0 Å². The fourth-order valence-electron chi connectivity index (χ4n) is 2.05. The first-order chi connectivity index (χ1) is 8.63. The minimum absolute atomic E-state index is 0.704. The van der Waals surface area contributed by atoms with Crippen LogP contribution in [-0.4, -0.2) is 14.8 Å². The molecule has 2 rings (SSSR count). The first-order valence-corrected chi connectivity index (χ1v) is 6.30. The van der Waals surface area contributed by atoms with Crippen molar-refractivity contribution in [2.24, 2.45) is 7.05 Å². The van der Waals surface area contributed by atoms with E-state index in [0.717, 1.165) is 18.1 Å². The molecule has 18 heavy (non-hydrogen) atoms. The molecule has 1 heterocycles. The number of nitrogens with zero attached hydrogens (tertiary/aromatic N) is 3. The van der Waals surface area contributed by atoms with Gasteiger partial charge in [-0.1, -0.05) is 25.1 Å². The number of aromatic nitrogens is 3. The van der Waals surface area contributed by atoms with E-state index < -0.39 is 0 Å². The molecule has 96 valence electrons. The zero-order chi connectivity index (χ0) is 13.1. The minimum atomic E-state index is 0.704. The number of rotatable bonds is 4. The molecule has 0 saturated heterocycles. The van der Waals surface area contributed by atoms with Gasteiger partial charge in [-0.2, -0.15) is 0 Å². The maximum Gasteiger partial charge on any atom is 0.152 e. The van der Waals surface area contributed by atoms with Crippen molar-refractivity contribution in [3.05, 3.63) is 41.0 Å². The molecule has 0 saturated carbocycles. The third-order valence-electron chi connectivity index (χ3n) is 3.35. The van der Waals surface area contributed by atoms with Gasteiger partial charge in [0.25, 0.3) is 0 Å². The predicted octanol–water partition coefficient (Wildman–Crippen LogP) is 2.61. The number of para-hydroxylation sites is 1. The summed E-state index contributed by atoms with van der Waals surface area (Å²) in [6, 6.07) is 6.40. The fourth-order valence-corrected chi connectivity index (χ4v) is 2.05. The molecule has 1 aromatic heterocycles. The number of hydrogen-bond donors (Lipinski definition) is 1. The number of anilines is 1. The maximum atomic E-state index is 4.17. The molecule has 0 aliphatic heterocycles. The number of nitrogens with one attached hydrogen (secondary N) is 1. The highest BCUT2D eigenvalue weighted by molar-refractivity contribution is 5.57. The van der Waals surface area contributed by atoms with E-state index in [0.29, 0.717) is 6.54 Å². The average molecular weight is 244 g/mol. The van der Waals surface area contributed by atoms with Gasteiger partial charge in [-0.3, -0.25) is 0 Å². The summed E-state index contributed by atoms with van der Waals surface area (Å²) in [4.78, 5) is 0. The van der Waals surface area contributed by atoms with E-state index in [9.17, 15) is 0 Å². The van der Waals surface area contributed by atoms with Crippen molar-refractivity contribution in [1.82, 2.24) is 14.8 Å². The van der Waals surface area contributed by atoms with Gasteiger partial charge in [0.1, 0.15) is 5.82 Å². The van der Waals surface area contributed by atoms with E-state index in [1.807, 2.05) is 18.5 Å². The Hall–Kier alpha value is -1.84. The summed E-state index contributed by atoms with van der Waals surface area (Å²) in [7, 11) is 1.99. The van der Waals surface area contributed by atoms with Gasteiger partial charge in [0, 0.05) is 12.7 Å². The lowest BCUT2D eigenvalue weighted by atomic mass is 10.1. The van der Waals surface area contributed by atoms with E-state index in [2.05, 4.69) is 47.6 Å². The molecule has 0 atom stereocenters. The van der Waals surface area contributed by atoms with Crippen molar-refractivity contribution in [2.45, 2.75) is 33.7 Å². The van der Waals surface area contributed by atoms with Gasteiger partial charge in [-0.25, -0.2) is 0 Å². The molecule has 0 spiro atoms. The largest absolute Gasteiger partial charge is 0.377 e. The molecule has 2 aromatic rings. The summed E-state index contributed by atoms with van der Waals surface area (Å²) >= 11 is 0. The van der Waals surface area contributed by atoms with Crippen LogP contribution in [0.3, 0.4) is 0 Å². The molecular weight excluding hydrogens is 224 g/mol. The molecule has 4 nitrogen and oxygen atoms in total. The molecule has 0 amide bonds. The lowest BCUT2D eigenvalue weighted by molar-refractivity contribution is 0.788. The lowest BCUT2D eigenvalue weighted by Crippen LogP contribution is -2.09. The van der Waals surface area contributed by atoms with Crippen molar-refractivity contribution in [2.75, 3.05) is 5.32 Å². The first-order valence-electron chi connectivity index (χ1n) is 6.30. The van der Waals surface area contributed by atoms with Crippen molar-refractivity contribution in [3.63, 3.8) is 0 Å². The molecule has 0 aliphatic carbocycles. The zero-order valence-electron chi connectivity index (χ0n) is 11.5. The smallest absolute Gasteiger partial charge is 0.152 e. The molecule has 1 aromatic carbocycles. The predicted molar refractivity (Wildman–Crippen MR) is 73.6 cm³/mol. The first kappa shape index (κ1) is 12.6. The van der Waals surface area contributed by atoms with Crippen LogP contribution in [0.1, 0.15) is 29.7 Å². The van der Waals surface area contributed by atoms with E-state index in [1.165, 1.54) is 16.8 Å². The van der Waals surface area contributed by atoms with E-state index in [4.69, 9.17) is 0 Å². The van der Waals surface area contributed by atoms with Gasteiger partial charge in [0.15, 0.2) is 5.82 Å². The van der Waals surface area contributed by atoms with Crippen LogP contribution < -0.4 is 5.32 Å². The van der Waals surface area contributed by atoms with Crippen molar-refractivity contribution >= 4 is 5.69 Å². The normalized spacial score (nSPS) is 10.7. The van der Waals surface area contributed by atoms with Crippen LogP contribution in [0, 0.1) is 13.8 Å². The van der Waals surface area contributed by atoms with Gasteiger partial charge < -0.3 is 9.88 Å². The third kappa shape index (κ3) is 2.37. The highest BCUT2D eigenvalue weighted by Crippen LogP contribution is 2.21. The molecule has 4 heteroatoms. The van der Waals surface area contributed by atoms with Crippen molar-refractivity contribution in [1.29, 1.82) is 0 Å². The zero-order valence-corrected chi connectivity index (χ0v) is 11.5. The highest BCUT2D eigenvalue weighted by Gasteiger charge is 2.07. The van der Waals surface area contributed by atoms with Crippen LogP contribution in [0.2, 0.25) is 0 Å². The summed E-state index contributed by atoms with van der Waals surface area (Å²) in [5.74, 6) is 1.89. The second-order valence-corrected chi connectivity index (χ2v) is 4.54. The molecule has 0 fully saturated rings. The Morgan fingerprint density at radius 2 is 2.00 bits per heavy atom. The van der Waals surface area contributed by atoms with Crippen LogP contribution in [0.5, 0.6) is 0 Å². The molecule has 0 radical (unpaired) electrons. The number of benzene rings is 1. The Morgan fingerprint density at radius 1 is 1.22 bits per heavy atom. The van der Waals surface area contributed by atoms with E-state index >= 15 is 0 Å². The number of hydrogen-bond acceptors (Lipinski definition) is 3. The Morgan fingerprint density at radius 3 is 2.61 bits per heavy atom. The topological polar surface area (TPSA) is 42.7 Å². The quantitative estimate of drug-likeness (QED) is 0.899. The Labute approximate surface area is 108 Å². The fraction of sp³-hybridized carbons (Fsp3) is 0.429. The SMILES string of the molecule is CCc1cccc(C)c1NCc1nnc(C)n1C. The van der Waals surface area contributed by atoms with Crippen LogP contribution in [0.25, 0.3) is 0 Å². The molecule has 1 N–H and O–H groups in total. The molecule has 0 bridgehead atoms. The lowest BCUT2D eigenvalue weighted by Gasteiger charge is -2.13. The van der Waals surface area contributed by atoms with Crippen molar-refractivity contribution in [3.8, 4) is 0 Å². The number of aryl methyl sites for hydroxylation is 3. The van der Waals surface area contributed by atoms with Gasteiger partial charge in [-0.15, -0.1) is 10.2 Å². The van der Waals surface area contributed by atoms with Gasteiger partial charge in [0.2, 0.25) is 0 Å². The Balaban J connectivity index is 2.18. The molecule has 0 unspecified atom stereocenters. The van der Waals surface area contributed by atoms with E-state index in [-0.39, 0.29) is 0 Å². The Kier molecular flexibility index (Phi) is 3.65. The minimum Gasteiger partial charge on any atom is -0.377 e. The standard InChI is InChI=1S/C14H20N4/c1-5-12-8-6-7-10(2)14(12)15-9-13-17-16-11(3)18(13)4/h6-8,15H,5,9H2,1-4H3. The van der Waals surface area contributed by atoms with Crippen LogP contribution >= 0.6 is 0 Å². The van der Waals surface area contributed by atoms with E-state index in [1.54, 1.807) is 0 Å². The average Bonchev–Trinajstić information content (AvgIpc) is 2.68. The second kappa shape index (κ2) is 5.21. The third-order valence-corrected chi connectivity index (χ3v) is 3.35. The molecule has 0 aliphatic rings. The Bertz CT molecular complexity index is 543. The van der Waals surface area contributed by atoms with Crippen molar-refractivity contribution < 1.29 is 0 Å². The monoisotopic (exact) mass is 244 g/mol. The van der Waals surface area contributed by atoms with Gasteiger partial charge in [0.05, 0.1) is 6.54 Å².